The van der Waals surface area contributed by atoms with Crippen molar-refractivity contribution in [3.63, 3.8) is 0 Å². The molecule has 2 unspecified atom stereocenters. The Balaban J connectivity index is 1.77. The van der Waals surface area contributed by atoms with Gasteiger partial charge in [-0.25, -0.2) is 0 Å². The Labute approximate surface area is 143 Å². The van der Waals surface area contributed by atoms with Crippen LogP contribution >= 0.6 is 39.1 Å². The van der Waals surface area contributed by atoms with E-state index in [0.29, 0.717) is 16.1 Å². The summed E-state index contributed by atoms with van der Waals surface area (Å²) in [5.74, 6) is 0. The fourth-order valence-corrected chi connectivity index (χ4v) is 3.65. The standard InChI is InChI=1S/C17H16BrCl2N/c1-10(11-2-6-15(19)16(20)9-11)21-17-7-3-12-8-13(18)4-5-14(12)17/h2,4-6,8-10,17,21H,3,7H2,1H3. The molecule has 1 N–H and O–H groups in total. The first kappa shape index (κ1) is 15.4. The molecule has 0 amide bonds. The summed E-state index contributed by atoms with van der Waals surface area (Å²) in [6, 6.07) is 13.0. The Hall–Kier alpha value is -0.540. The fraction of sp³-hybridized carbons (Fsp3) is 0.294. The monoisotopic (exact) mass is 383 g/mol. The normalized spacial score (nSPS) is 18.6. The molecule has 0 bridgehead atoms. The highest BCUT2D eigenvalue weighted by atomic mass is 79.9. The van der Waals surface area contributed by atoms with Gasteiger partial charge in [-0.3, -0.25) is 0 Å². The van der Waals surface area contributed by atoms with Crippen LogP contribution in [0.25, 0.3) is 0 Å². The van der Waals surface area contributed by atoms with Crippen LogP contribution in [0, 0.1) is 0 Å². The highest BCUT2D eigenvalue weighted by Gasteiger charge is 2.24. The van der Waals surface area contributed by atoms with Crippen LogP contribution in [0.3, 0.4) is 0 Å². The van der Waals surface area contributed by atoms with Gasteiger partial charge in [0.2, 0.25) is 0 Å². The summed E-state index contributed by atoms with van der Waals surface area (Å²) in [5.41, 5.74) is 4.00. The molecule has 0 aromatic heterocycles. The van der Waals surface area contributed by atoms with Gasteiger partial charge >= 0.3 is 0 Å². The van der Waals surface area contributed by atoms with E-state index in [4.69, 9.17) is 23.2 Å². The Bertz CT molecular complexity index is 672. The van der Waals surface area contributed by atoms with Gasteiger partial charge in [0, 0.05) is 16.6 Å². The van der Waals surface area contributed by atoms with Crippen molar-refractivity contribution >= 4 is 39.1 Å². The molecule has 3 rings (SSSR count). The Kier molecular flexibility index (Phi) is 4.60. The lowest BCUT2D eigenvalue weighted by molar-refractivity contribution is 0.465. The fourth-order valence-electron chi connectivity index (χ4n) is 2.94. The molecule has 0 saturated heterocycles. The minimum atomic E-state index is 0.236. The van der Waals surface area contributed by atoms with Gasteiger partial charge in [-0.05, 0) is 60.7 Å². The van der Waals surface area contributed by atoms with Crippen molar-refractivity contribution in [2.75, 3.05) is 0 Å². The SMILES string of the molecule is CC(NC1CCc2cc(Br)ccc21)c1ccc(Cl)c(Cl)c1. The maximum absolute atomic E-state index is 6.11. The molecule has 0 saturated carbocycles. The number of rotatable bonds is 3. The Morgan fingerprint density at radius 1 is 1.14 bits per heavy atom. The van der Waals surface area contributed by atoms with Crippen molar-refractivity contribution in [1.29, 1.82) is 0 Å². The largest absolute Gasteiger partial charge is 0.303 e. The molecular weight excluding hydrogens is 369 g/mol. The Morgan fingerprint density at radius 2 is 1.95 bits per heavy atom. The van der Waals surface area contributed by atoms with Gasteiger partial charge in [-0.15, -0.1) is 0 Å². The first-order chi connectivity index (χ1) is 10.0. The minimum Gasteiger partial charge on any atom is -0.303 e. The van der Waals surface area contributed by atoms with Crippen LogP contribution in [0.5, 0.6) is 0 Å². The predicted molar refractivity (Wildman–Crippen MR) is 93.2 cm³/mol. The predicted octanol–water partition coefficient (Wildman–Crippen LogP) is 6.09. The van der Waals surface area contributed by atoms with E-state index in [1.54, 1.807) is 0 Å². The van der Waals surface area contributed by atoms with Gasteiger partial charge in [-0.2, -0.15) is 0 Å². The van der Waals surface area contributed by atoms with Gasteiger partial charge in [-0.1, -0.05) is 51.3 Å². The van der Waals surface area contributed by atoms with Crippen LogP contribution < -0.4 is 5.32 Å². The van der Waals surface area contributed by atoms with Gasteiger partial charge in [0.1, 0.15) is 0 Å². The number of halogens is 3. The van der Waals surface area contributed by atoms with Crippen molar-refractivity contribution < 1.29 is 0 Å². The van der Waals surface area contributed by atoms with E-state index in [-0.39, 0.29) is 6.04 Å². The van der Waals surface area contributed by atoms with E-state index in [2.05, 4.69) is 46.4 Å². The summed E-state index contributed by atoms with van der Waals surface area (Å²) in [6.07, 6.45) is 2.26. The molecule has 0 aliphatic heterocycles. The van der Waals surface area contributed by atoms with Crippen molar-refractivity contribution in [2.45, 2.75) is 31.8 Å². The number of aryl methyl sites for hydroxylation is 1. The molecule has 0 radical (unpaired) electrons. The van der Waals surface area contributed by atoms with E-state index in [0.717, 1.165) is 22.9 Å². The average Bonchev–Trinajstić information content (AvgIpc) is 2.84. The molecule has 21 heavy (non-hydrogen) atoms. The maximum Gasteiger partial charge on any atom is 0.0595 e. The highest BCUT2D eigenvalue weighted by molar-refractivity contribution is 9.10. The molecule has 0 spiro atoms. The van der Waals surface area contributed by atoms with E-state index < -0.39 is 0 Å². The molecule has 1 aliphatic carbocycles. The van der Waals surface area contributed by atoms with Gasteiger partial charge in [0.25, 0.3) is 0 Å². The van der Waals surface area contributed by atoms with E-state index in [1.165, 1.54) is 11.1 Å². The summed E-state index contributed by atoms with van der Waals surface area (Å²) in [7, 11) is 0. The zero-order valence-corrected chi connectivity index (χ0v) is 14.8. The summed E-state index contributed by atoms with van der Waals surface area (Å²) in [4.78, 5) is 0. The van der Waals surface area contributed by atoms with Crippen molar-refractivity contribution in [3.8, 4) is 0 Å². The van der Waals surface area contributed by atoms with Crippen molar-refractivity contribution in [3.05, 3.63) is 67.6 Å². The minimum absolute atomic E-state index is 0.236. The van der Waals surface area contributed by atoms with Gasteiger partial charge < -0.3 is 5.32 Å². The lowest BCUT2D eigenvalue weighted by Crippen LogP contribution is -2.23. The smallest absolute Gasteiger partial charge is 0.0595 e. The lowest BCUT2D eigenvalue weighted by atomic mass is 10.0. The van der Waals surface area contributed by atoms with E-state index >= 15 is 0 Å². The second-order valence-electron chi connectivity index (χ2n) is 5.50. The lowest BCUT2D eigenvalue weighted by Gasteiger charge is -2.21. The molecule has 0 fully saturated rings. The topological polar surface area (TPSA) is 12.0 Å². The third kappa shape index (κ3) is 3.29. The van der Waals surface area contributed by atoms with Crippen LogP contribution in [-0.2, 0) is 6.42 Å². The van der Waals surface area contributed by atoms with Crippen LogP contribution in [0.1, 0.15) is 42.1 Å². The number of hydrogen-bond acceptors (Lipinski definition) is 1. The van der Waals surface area contributed by atoms with Crippen LogP contribution in [0.2, 0.25) is 10.0 Å². The molecule has 110 valence electrons. The number of benzene rings is 2. The van der Waals surface area contributed by atoms with E-state index in [1.807, 2.05) is 18.2 Å². The number of hydrogen-bond donors (Lipinski definition) is 1. The number of nitrogens with one attached hydrogen (secondary N) is 1. The molecule has 4 heteroatoms. The summed E-state index contributed by atoms with van der Waals surface area (Å²) >= 11 is 15.6. The molecular formula is C17H16BrCl2N. The maximum atomic E-state index is 6.11. The molecule has 1 nitrogen and oxygen atoms in total. The molecule has 2 aromatic carbocycles. The second kappa shape index (κ2) is 6.29. The zero-order valence-electron chi connectivity index (χ0n) is 11.7. The molecule has 2 aromatic rings. The highest BCUT2D eigenvalue weighted by Crippen LogP contribution is 2.35. The molecule has 1 aliphatic rings. The zero-order chi connectivity index (χ0) is 15.0. The average molecular weight is 385 g/mol. The number of fused-ring (bicyclic) bond motifs is 1. The quantitative estimate of drug-likeness (QED) is 0.674. The van der Waals surface area contributed by atoms with Gasteiger partial charge in [0.15, 0.2) is 0 Å². The molecule has 2 atom stereocenters. The first-order valence-corrected chi connectivity index (χ1v) is 8.59. The second-order valence-corrected chi connectivity index (χ2v) is 7.23. The third-order valence-electron chi connectivity index (χ3n) is 4.08. The van der Waals surface area contributed by atoms with E-state index in [9.17, 15) is 0 Å². The summed E-state index contributed by atoms with van der Waals surface area (Å²) < 4.78 is 1.15. The molecule has 0 heterocycles. The summed E-state index contributed by atoms with van der Waals surface area (Å²) in [6.45, 7) is 2.16. The van der Waals surface area contributed by atoms with Crippen LogP contribution in [-0.4, -0.2) is 0 Å². The van der Waals surface area contributed by atoms with Gasteiger partial charge in [0.05, 0.1) is 10.0 Å². The van der Waals surface area contributed by atoms with Crippen LogP contribution in [0.4, 0.5) is 0 Å². The summed E-state index contributed by atoms with van der Waals surface area (Å²) in [5, 5.41) is 4.91. The van der Waals surface area contributed by atoms with Crippen molar-refractivity contribution in [1.82, 2.24) is 5.32 Å². The Morgan fingerprint density at radius 3 is 2.71 bits per heavy atom. The first-order valence-electron chi connectivity index (χ1n) is 7.04. The van der Waals surface area contributed by atoms with Crippen LogP contribution in [0.15, 0.2) is 40.9 Å². The van der Waals surface area contributed by atoms with Crippen molar-refractivity contribution in [2.24, 2.45) is 0 Å². The third-order valence-corrected chi connectivity index (χ3v) is 5.31.